The minimum atomic E-state index is -0.241. The summed E-state index contributed by atoms with van der Waals surface area (Å²) in [6.07, 6.45) is 3.30. The molecule has 0 aliphatic heterocycles. The Kier molecular flexibility index (Phi) is 2.27. The van der Waals surface area contributed by atoms with E-state index in [1.54, 1.807) is 22.6 Å². The van der Waals surface area contributed by atoms with Gasteiger partial charge in [-0.1, -0.05) is 6.42 Å². The van der Waals surface area contributed by atoms with Gasteiger partial charge in [0.15, 0.2) is 0 Å². The Labute approximate surface area is 88.5 Å². The Hall–Kier alpha value is -0.590. The number of aromatic hydroxyl groups is 1. The van der Waals surface area contributed by atoms with Crippen molar-refractivity contribution in [2.75, 3.05) is 0 Å². The van der Waals surface area contributed by atoms with Crippen LogP contribution in [0, 0.1) is 3.57 Å². The molecule has 0 bridgehead atoms. The standard InChI is InChI=1S/C8H9IN2O2/c9-5-7(12)10-6(11-8(5)13)4-2-1-3-4/h4H,1-3H2,(H2,10,11,12,13). The second-order valence-corrected chi connectivity index (χ2v) is 4.30. The minimum absolute atomic E-state index is 0.147. The van der Waals surface area contributed by atoms with E-state index in [0.29, 0.717) is 11.7 Å². The number of H-pyrrole nitrogens is 1. The van der Waals surface area contributed by atoms with Crippen LogP contribution in [-0.2, 0) is 0 Å². The van der Waals surface area contributed by atoms with Gasteiger partial charge in [-0.25, -0.2) is 0 Å². The van der Waals surface area contributed by atoms with Crippen molar-refractivity contribution in [2.45, 2.75) is 25.2 Å². The van der Waals surface area contributed by atoms with E-state index in [1.165, 1.54) is 6.42 Å². The van der Waals surface area contributed by atoms with Crippen LogP contribution in [-0.4, -0.2) is 15.1 Å². The number of aromatic nitrogens is 2. The Morgan fingerprint density at radius 1 is 1.54 bits per heavy atom. The number of aromatic amines is 1. The summed E-state index contributed by atoms with van der Waals surface area (Å²) in [4.78, 5) is 17.9. The van der Waals surface area contributed by atoms with Gasteiger partial charge in [0, 0.05) is 5.92 Å². The molecule has 2 rings (SSSR count). The molecule has 13 heavy (non-hydrogen) atoms. The monoisotopic (exact) mass is 292 g/mol. The molecule has 1 saturated carbocycles. The molecule has 0 saturated heterocycles. The second-order valence-electron chi connectivity index (χ2n) is 3.22. The van der Waals surface area contributed by atoms with Crippen LogP contribution in [0.15, 0.2) is 4.79 Å². The van der Waals surface area contributed by atoms with Crippen LogP contribution in [0.3, 0.4) is 0 Å². The summed E-state index contributed by atoms with van der Waals surface area (Å²) in [5.74, 6) is 0.830. The predicted octanol–water partition coefficient (Wildman–Crippen LogP) is 1.35. The number of halogens is 1. The normalized spacial score (nSPS) is 17.0. The van der Waals surface area contributed by atoms with Gasteiger partial charge in [0.2, 0.25) is 5.88 Å². The molecule has 1 aromatic rings. The van der Waals surface area contributed by atoms with Crippen LogP contribution in [0.5, 0.6) is 5.88 Å². The molecule has 1 aliphatic carbocycles. The van der Waals surface area contributed by atoms with Gasteiger partial charge in [-0.05, 0) is 35.4 Å². The average molecular weight is 292 g/mol. The van der Waals surface area contributed by atoms with E-state index < -0.39 is 0 Å². The summed E-state index contributed by atoms with van der Waals surface area (Å²) in [5.41, 5.74) is -0.241. The molecule has 0 unspecified atom stereocenters. The Balaban J connectivity index is 2.43. The molecule has 1 aliphatic rings. The van der Waals surface area contributed by atoms with Gasteiger partial charge in [0.25, 0.3) is 5.56 Å². The van der Waals surface area contributed by atoms with Crippen molar-refractivity contribution in [3.05, 3.63) is 19.7 Å². The quantitative estimate of drug-likeness (QED) is 0.768. The highest BCUT2D eigenvalue weighted by Crippen LogP contribution is 2.34. The van der Waals surface area contributed by atoms with Crippen molar-refractivity contribution in [3.63, 3.8) is 0 Å². The van der Waals surface area contributed by atoms with Crippen molar-refractivity contribution in [1.82, 2.24) is 9.97 Å². The lowest BCUT2D eigenvalue weighted by molar-refractivity contribution is 0.385. The van der Waals surface area contributed by atoms with Crippen LogP contribution < -0.4 is 5.56 Å². The van der Waals surface area contributed by atoms with Crippen LogP contribution in [0.1, 0.15) is 31.0 Å². The molecular formula is C8H9IN2O2. The minimum Gasteiger partial charge on any atom is -0.492 e. The van der Waals surface area contributed by atoms with Crippen LogP contribution in [0.25, 0.3) is 0 Å². The Morgan fingerprint density at radius 3 is 2.69 bits per heavy atom. The summed E-state index contributed by atoms with van der Waals surface area (Å²) in [6, 6.07) is 0. The fourth-order valence-electron chi connectivity index (χ4n) is 1.34. The van der Waals surface area contributed by atoms with Gasteiger partial charge in [0.05, 0.1) is 0 Å². The lowest BCUT2D eigenvalue weighted by Gasteiger charge is -2.23. The van der Waals surface area contributed by atoms with Gasteiger partial charge >= 0.3 is 0 Å². The summed E-state index contributed by atoms with van der Waals surface area (Å²) in [7, 11) is 0. The fraction of sp³-hybridized carbons (Fsp3) is 0.500. The number of hydrogen-bond acceptors (Lipinski definition) is 3. The molecule has 5 heteroatoms. The third kappa shape index (κ3) is 1.56. The van der Waals surface area contributed by atoms with Gasteiger partial charge in [-0.2, -0.15) is 4.98 Å². The predicted molar refractivity (Wildman–Crippen MR) is 55.8 cm³/mol. The number of rotatable bonds is 1. The molecular weight excluding hydrogens is 283 g/mol. The van der Waals surface area contributed by atoms with Crippen molar-refractivity contribution in [2.24, 2.45) is 0 Å². The second kappa shape index (κ2) is 3.28. The van der Waals surface area contributed by atoms with Gasteiger partial charge < -0.3 is 10.1 Å². The molecule has 1 heterocycles. The highest BCUT2D eigenvalue weighted by Gasteiger charge is 2.23. The van der Waals surface area contributed by atoms with E-state index in [4.69, 9.17) is 0 Å². The van der Waals surface area contributed by atoms with E-state index >= 15 is 0 Å². The molecule has 1 aromatic heterocycles. The highest BCUT2D eigenvalue weighted by molar-refractivity contribution is 14.1. The number of nitrogens with one attached hydrogen (secondary N) is 1. The SMILES string of the molecule is O=c1[nH]c(C2CCC2)nc(O)c1I. The zero-order valence-electron chi connectivity index (χ0n) is 6.88. The lowest BCUT2D eigenvalue weighted by atomic mass is 9.85. The zero-order chi connectivity index (χ0) is 9.42. The molecule has 2 N–H and O–H groups in total. The van der Waals surface area contributed by atoms with Crippen LogP contribution >= 0.6 is 22.6 Å². The maximum absolute atomic E-state index is 11.2. The van der Waals surface area contributed by atoms with Gasteiger partial charge in [0.1, 0.15) is 9.39 Å². The van der Waals surface area contributed by atoms with E-state index in [9.17, 15) is 9.90 Å². The fourth-order valence-corrected chi connectivity index (χ4v) is 1.59. The Bertz CT molecular complexity index is 384. The maximum atomic E-state index is 11.2. The van der Waals surface area contributed by atoms with E-state index in [-0.39, 0.29) is 15.0 Å². The zero-order valence-corrected chi connectivity index (χ0v) is 9.04. The van der Waals surface area contributed by atoms with Crippen molar-refractivity contribution >= 4 is 22.6 Å². The summed E-state index contributed by atoms with van der Waals surface area (Å²) >= 11 is 1.78. The molecule has 0 aromatic carbocycles. The van der Waals surface area contributed by atoms with E-state index in [2.05, 4.69) is 9.97 Å². The summed E-state index contributed by atoms with van der Waals surface area (Å²) < 4.78 is 0.265. The molecule has 0 radical (unpaired) electrons. The van der Waals surface area contributed by atoms with Crippen molar-refractivity contribution in [1.29, 1.82) is 0 Å². The van der Waals surface area contributed by atoms with Gasteiger partial charge in [-0.15, -0.1) is 0 Å². The highest BCUT2D eigenvalue weighted by atomic mass is 127. The van der Waals surface area contributed by atoms with Crippen molar-refractivity contribution in [3.8, 4) is 5.88 Å². The maximum Gasteiger partial charge on any atom is 0.268 e. The first-order valence-corrected chi connectivity index (χ1v) is 5.25. The van der Waals surface area contributed by atoms with E-state index in [1.807, 2.05) is 0 Å². The van der Waals surface area contributed by atoms with Crippen LogP contribution in [0.2, 0.25) is 0 Å². The van der Waals surface area contributed by atoms with Crippen molar-refractivity contribution < 1.29 is 5.11 Å². The number of hydrogen-bond donors (Lipinski definition) is 2. The topological polar surface area (TPSA) is 66.0 Å². The largest absolute Gasteiger partial charge is 0.492 e. The first-order chi connectivity index (χ1) is 6.18. The lowest BCUT2D eigenvalue weighted by Crippen LogP contribution is -2.20. The third-order valence-electron chi connectivity index (χ3n) is 2.36. The molecule has 0 atom stereocenters. The van der Waals surface area contributed by atoms with Gasteiger partial charge in [-0.3, -0.25) is 4.79 Å². The first-order valence-electron chi connectivity index (χ1n) is 4.17. The molecule has 0 amide bonds. The third-order valence-corrected chi connectivity index (χ3v) is 3.33. The van der Waals surface area contributed by atoms with Crippen LogP contribution in [0.4, 0.5) is 0 Å². The number of nitrogens with zero attached hydrogens (tertiary/aromatic N) is 1. The summed E-state index contributed by atoms with van der Waals surface area (Å²) in [6.45, 7) is 0. The average Bonchev–Trinajstić information content (AvgIpc) is 1.96. The Morgan fingerprint density at radius 2 is 2.23 bits per heavy atom. The first kappa shape index (κ1) is 8.98. The summed E-state index contributed by atoms with van der Waals surface area (Å²) in [5, 5.41) is 9.31. The smallest absolute Gasteiger partial charge is 0.268 e. The molecule has 4 nitrogen and oxygen atoms in total. The van der Waals surface area contributed by atoms with E-state index in [0.717, 1.165) is 12.8 Å². The molecule has 70 valence electrons. The molecule has 0 spiro atoms. The molecule has 1 fully saturated rings.